The summed E-state index contributed by atoms with van der Waals surface area (Å²) in [6.45, 7) is 11.9. The highest BCUT2D eigenvalue weighted by Crippen LogP contribution is 2.18. The molecule has 1 saturated heterocycles. The summed E-state index contributed by atoms with van der Waals surface area (Å²) in [5.74, 6) is -0.314. The Balaban J connectivity index is 1.67. The van der Waals surface area contributed by atoms with E-state index in [2.05, 4.69) is 17.2 Å². The molecule has 0 spiro atoms. The minimum atomic E-state index is -0.874. The van der Waals surface area contributed by atoms with Gasteiger partial charge in [-0.1, -0.05) is 67.2 Å². The summed E-state index contributed by atoms with van der Waals surface area (Å²) in [6, 6.07) is 18.0. The lowest BCUT2D eigenvalue weighted by Gasteiger charge is -2.41. The van der Waals surface area contributed by atoms with Gasteiger partial charge in [-0.3, -0.25) is 9.69 Å². The summed E-state index contributed by atoms with van der Waals surface area (Å²) in [5.41, 5.74) is 1.69. The van der Waals surface area contributed by atoms with Crippen molar-refractivity contribution in [3.63, 3.8) is 0 Å². The highest BCUT2D eigenvalue weighted by Gasteiger charge is 2.37. The molecular formula is C32H44N4O6. The van der Waals surface area contributed by atoms with Crippen molar-refractivity contribution < 1.29 is 29.0 Å². The van der Waals surface area contributed by atoms with Crippen LogP contribution >= 0.6 is 0 Å². The number of aliphatic hydroxyl groups excluding tert-OH is 1. The average molecular weight is 581 g/mol. The van der Waals surface area contributed by atoms with Crippen LogP contribution in [0.25, 0.3) is 0 Å². The summed E-state index contributed by atoms with van der Waals surface area (Å²) < 4.78 is 10.9. The highest BCUT2D eigenvalue weighted by atomic mass is 16.6. The first-order valence-electron chi connectivity index (χ1n) is 14.3. The number of aliphatic hydroxyl groups is 1. The van der Waals surface area contributed by atoms with Gasteiger partial charge in [0.2, 0.25) is 5.91 Å². The lowest BCUT2D eigenvalue weighted by molar-refractivity contribution is -0.128. The molecule has 10 heteroatoms. The van der Waals surface area contributed by atoms with E-state index in [1.54, 1.807) is 27.7 Å². The Bertz CT molecular complexity index is 1180. The van der Waals surface area contributed by atoms with Gasteiger partial charge >= 0.3 is 12.2 Å². The number of alkyl carbamates (subject to hydrolysis) is 1. The van der Waals surface area contributed by atoms with Crippen LogP contribution in [0.4, 0.5) is 9.59 Å². The number of ether oxygens (including phenoxy) is 2. The quantitative estimate of drug-likeness (QED) is 0.369. The molecule has 10 nitrogen and oxygen atoms in total. The van der Waals surface area contributed by atoms with Crippen LogP contribution in [0.15, 0.2) is 72.9 Å². The summed E-state index contributed by atoms with van der Waals surface area (Å²) in [6.07, 6.45) is -1.21. The molecule has 0 saturated carbocycles. The Hall–Kier alpha value is -3.89. The number of hydrogen-bond acceptors (Lipinski definition) is 7. The molecule has 3 rings (SSSR count). The van der Waals surface area contributed by atoms with Gasteiger partial charge in [0.15, 0.2) is 0 Å². The van der Waals surface area contributed by atoms with Gasteiger partial charge in [0.05, 0.1) is 6.10 Å². The van der Waals surface area contributed by atoms with Crippen molar-refractivity contribution in [1.29, 1.82) is 0 Å². The number of rotatable bonds is 11. The Morgan fingerprint density at radius 2 is 1.64 bits per heavy atom. The molecule has 228 valence electrons. The van der Waals surface area contributed by atoms with Crippen LogP contribution in [-0.2, 0) is 27.3 Å². The molecule has 0 radical (unpaired) electrons. The van der Waals surface area contributed by atoms with Crippen molar-refractivity contribution in [2.45, 2.75) is 70.9 Å². The van der Waals surface area contributed by atoms with Gasteiger partial charge in [-0.05, 0) is 51.7 Å². The van der Waals surface area contributed by atoms with Crippen LogP contribution < -0.4 is 10.6 Å². The molecule has 3 amide bonds. The molecule has 0 aliphatic carbocycles. The molecule has 1 aliphatic rings. The monoisotopic (exact) mass is 580 g/mol. The zero-order chi connectivity index (χ0) is 30.7. The van der Waals surface area contributed by atoms with E-state index in [9.17, 15) is 19.5 Å². The highest BCUT2D eigenvalue weighted by molar-refractivity contribution is 5.84. The summed E-state index contributed by atoms with van der Waals surface area (Å²) in [7, 11) is 0. The van der Waals surface area contributed by atoms with Crippen molar-refractivity contribution in [2.24, 2.45) is 0 Å². The fourth-order valence-corrected chi connectivity index (χ4v) is 4.77. The first-order chi connectivity index (χ1) is 19.9. The van der Waals surface area contributed by atoms with E-state index in [0.29, 0.717) is 25.2 Å². The van der Waals surface area contributed by atoms with Gasteiger partial charge < -0.3 is 30.1 Å². The standard InChI is InChI=1S/C32H44N4O6/c1-23(2)33-29(38)28-21-36(31(40)42-32(3,4)5)17-16-35(28)20-27(37)19-26(18-24-12-8-6-9-13-24)34-30(39)41-22-25-14-10-7-11-15-25/h6-15,26-28,37H,1,16-22H2,2-5H3,(H,33,38)(H,34,39)/t26?,27-,28-/m0/s1. The Morgan fingerprint density at radius 3 is 2.24 bits per heavy atom. The average Bonchev–Trinajstić information content (AvgIpc) is 2.91. The predicted octanol–water partition coefficient (Wildman–Crippen LogP) is 3.85. The predicted molar refractivity (Wildman–Crippen MR) is 160 cm³/mol. The van der Waals surface area contributed by atoms with E-state index in [1.807, 2.05) is 65.6 Å². The maximum atomic E-state index is 13.1. The fourth-order valence-electron chi connectivity index (χ4n) is 4.77. The number of piperazine rings is 1. The van der Waals surface area contributed by atoms with Crippen molar-refractivity contribution >= 4 is 18.1 Å². The number of amides is 3. The Labute approximate surface area is 248 Å². The number of carbonyl (C=O) groups is 3. The Kier molecular flexibility index (Phi) is 11.9. The molecule has 1 heterocycles. The molecule has 1 unspecified atom stereocenters. The summed E-state index contributed by atoms with van der Waals surface area (Å²) in [5, 5.41) is 16.8. The minimum absolute atomic E-state index is 0.109. The van der Waals surface area contributed by atoms with Crippen LogP contribution in [0, 0.1) is 0 Å². The van der Waals surface area contributed by atoms with Crippen LogP contribution in [0.5, 0.6) is 0 Å². The molecule has 2 aromatic carbocycles. The van der Waals surface area contributed by atoms with Crippen molar-refractivity contribution in [3.8, 4) is 0 Å². The second kappa shape index (κ2) is 15.4. The number of nitrogens with zero attached hydrogens (tertiary/aromatic N) is 2. The molecule has 0 aromatic heterocycles. The second-order valence-electron chi connectivity index (χ2n) is 11.7. The fraction of sp³-hybridized carbons (Fsp3) is 0.469. The van der Waals surface area contributed by atoms with E-state index >= 15 is 0 Å². The van der Waals surface area contributed by atoms with Crippen molar-refractivity contribution in [2.75, 3.05) is 26.2 Å². The smallest absolute Gasteiger partial charge is 0.410 e. The first kappa shape index (κ1) is 32.6. The van der Waals surface area contributed by atoms with Gasteiger partial charge in [0, 0.05) is 37.9 Å². The van der Waals surface area contributed by atoms with Crippen LogP contribution in [0.2, 0.25) is 0 Å². The van der Waals surface area contributed by atoms with Gasteiger partial charge in [-0.2, -0.15) is 0 Å². The third-order valence-corrected chi connectivity index (χ3v) is 6.64. The van der Waals surface area contributed by atoms with Gasteiger partial charge in [0.25, 0.3) is 0 Å². The molecule has 2 aromatic rings. The second-order valence-corrected chi connectivity index (χ2v) is 11.7. The molecule has 1 fully saturated rings. The van der Waals surface area contributed by atoms with Gasteiger partial charge in [-0.25, -0.2) is 9.59 Å². The summed E-state index contributed by atoms with van der Waals surface area (Å²) in [4.78, 5) is 41.9. The normalized spacial score (nSPS) is 17.1. The van der Waals surface area contributed by atoms with Gasteiger partial charge in [0.1, 0.15) is 18.2 Å². The number of nitrogens with one attached hydrogen (secondary N) is 2. The number of benzene rings is 2. The maximum absolute atomic E-state index is 13.1. The number of hydrogen-bond donors (Lipinski definition) is 3. The first-order valence-corrected chi connectivity index (χ1v) is 14.3. The lowest BCUT2D eigenvalue weighted by Crippen LogP contribution is -2.61. The van der Waals surface area contributed by atoms with E-state index in [0.717, 1.165) is 11.1 Å². The number of β-amino-alcohol motifs (C(OH)–C–C–N with tert-alkyl or cyclic N) is 1. The molecule has 42 heavy (non-hydrogen) atoms. The van der Waals surface area contributed by atoms with E-state index in [-0.39, 0.29) is 32.0 Å². The topological polar surface area (TPSA) is 120 Å². The van der Waals surface area contributed by atoms with E-state index < -0.39 is 36.0 Å². The third-order valence-electron chi connectivity index (χ3n) is 6.64. The van der Waals surface area contributed by atoms with Crippen LogP contribution in [0.1, 0.15) is 45.2 Å². The third kappa shape index (κ3) is 11.2. The molecule has 3 atom stereocenters. The molecular weight excluding hydrogens is 536 g/mol. The van der Waals surface area contributed by atoms with Crippen LogP contribution in [-0.4, -0.2) is 83.0 Å². The maximum Gasteiger partial charge on any atom is 0.410 e. The zero-order valence-corrected chi connectivity index (χ0v) is 25.0. The SMILES string of the molecule is C=C(C)NC(=O)[C@@H]1CN(C(=O)OC(C)(C)C)CCN1C[C@@H](O)CC(Cc1ccccc1)NC(=O)OCc1ccccc1. The lowest BCUT2D eigenvalue weighted by atomic mass is 9.99. The zero-order valence-electron chi connectivity index (χ0n) is 25.0. The van der Waals surface area contributed by atoms with Gasteiger partial charge in [-0.15, -0.1) is 0 Å². The van der Waals surface area contributed by atoms with Crippen molar-refractivity contribution in [3.05, 3.63) is 84.1 Å². The summed E-state index contributed by atoms with van der Waals surface area (Å²) >= 11 is 0. The Morgan fingerprint density at radius 1 is 1.02 bits per heavy atom. The molecule has 1 aliphatic heterocycles. The van der Waals surface area contributed by atoms with E-state index in [1.165, 1.54) is 4.90 Å². The number of carbonyl (C=O) groups excluding carboxylic acids is 3. The minimum Gasteiger partial charge on any atom is -0.445 e. The largest absolute Gasteiger partial charge is 0.445 e. The molecule has 0 bridgehead atoms. The van der Waals surface area contributed by atoms with Crippen LogP contribution in [0.3, 0.4) is 0 Å². The van der Waals surface area contributed by atoms with Crippen molar-refractivity contribution in [1.82, 2.24) is 20.4 Å². The van der Waals surface area contributed by atoms with E-state index in [4.69, 9.17) is 9.47 Å². The molecule has 3 N–H and O–H groups in total. The number of allylic oxidation sites excluding steroid dienone is 1.